The summed E-state index contributed by atoms with van der Waals surface area (Å²) in [5.41, 5.74) is 1.55. The number of nitrogens with zero attached hydrogens (tertiary/aromatic N) is 2. The largest absolute Gasteiger partial charge is 0.496 e. The average molecular weight is 303 g/mol. The fourth-order valence-corrected chi connectivity index (χ4v) is 2.20. The van der Waals surface area contributed by atoms with Crippen molar-refractivity contribution in [3.63, 3.8) is 0 Å². The first kappa shape index (κ1) is 15.9. The van der Waals surface area contributed by atoms with Gasteiger partial charge >= 0.3 is 0 Å². The van der Waals surface area contributed by atoms with Gasteiger partial charge in [0.1, 0.15) is 17.1 Å². The van der Waals surface area contributed by atoms with E-state index >= 15 is 0 Å². The molecule has 0 spiro atoms. The van der Waals surface area contributed by atoms with Crippen LogP contribution < -0.4 is 14.8 Å². The molecule has 1 aromatic carbocycles. The molecule has 0 fully saturated rings. The molecule has 6 nitrogen and oxygen atoms in total. The second kappa shape index (κ2) is 7.49. The lowest BCUT2D eigenvalue weighted by atomic mass is 10.1. The molecule has 0 unspecified atom stereocenters. The SMILES string of the molecule is COc1cccc(OC)c1C(=O)NCCCn1cc(C)cn1. The van der Waals surface area contributed by atoms with Crippen LogP contribution in [0.1, 0.15) is 22.3 Å². The second-order valence-electron chi connectivity index (χ2n) is 4.93. The van der Waals surface area contributed by atoms with Crippen LogP contribution in [0, 0.1) is 6.92 Å². The monoisotopic (exact) mass is 303 g/mol. The van der Waals surface area contributed by atoms with Gasteiger partial charge in [0.05, 0.1) is 20.4 Å². The normalized spacial score (nSPS) is 10.3. The zero-order chi connectivity index (χ0) is 15.9. The lowest BCUT2D eigenvalue weighted by Gasteiger charge is -2.13. The molecular weight excluding hydrogens is 282 g/mol. The number of methoxy groups -OCH3 is 2. The minimum Gasteiger partial charge on any atom is -0.496 e. The van der Waals surface area contributed by atoms with Crippen LogP contribution in [0.2, 0.25) is 0 Å². The Labute approximate surface area is 130 Å². The Morgan fingerprint density at radius 1 is 1.27 bits per heavy atom. The highest BCUT2D eigenvalue weighted by atomic mass is 16.5. The Kier molecular flexibility index (Phi) is 5.41. The molecule has 0 saturated heterocycles. The Morgan fingerprint density at radius 3 is 2.50 bits per heavy atom. The molecule has 0 saturated carbocycles. The van der Waals surface area contributed by atoms with Gasteiger partial charge in [-0.25, -0.2) is 0 Å². The number of benzene rings is 1. The number of ether oxygens (including phenoxy) is 2. The quantitative estimate of drug-likeness (QED) is 0.795. The zero-order valence-corrected chi connectivity index (χ0v) is 13.1. The molecule has 0 aliphatic rings. The summed E-state index contributed by atoms with van der Waals surface area (Å²) in [5, 5.41) is 7.09. The molecule has 1 amide bonds. The zero-order valence-electron chi connectivity index (χ0n) is 13.1. The number of rotatable bonds is 7. The summed E-state index contributed by atoms with van der Waals surface area (Å²) >= 11 is 0. The molecule has 0 bridgehead atoms. The molecule has 1 N–H and O–H groups in total. The Hall–Kier alpha value is -2.50. The van der Waals surface area contributed by atoms with E-state index in [0.717, 1.165) is 18.5 Å². The smallest absolute Gasteiger partial charge is 0.258 e. The number of hydrogen-bond donors (Lipinski definition) is 1. The number of aryl methyl sites for hydroxylation is 2. The third-order valence-corrected chi connectivity index (χ3v) is 3.27. The van der Waals surface area contributed by atoms with Crippen LogP contribution in [0.15, 0.2) is 30.6 Å². The van der Waals surface area contributed by atoms with Crippen molar-refractivity contribution in [2.24, 2.45) is 0 Å². The number of nitrogens with one attached hydrogen (secondary N) is 1. The predicted octanol–water partition coefficient (Wildman–Crippen LogP) is 2.03. The molecule has 2 aromatic rings. The van der Waals surface area contributed by atoms with E-state index in [4.69, 9.17) is 9.47 Å². The van der Waals surface area contributed by atoms with Crippen LogP contribution >= 0.6 is 0 Å². The average Bonchev–Trinajstić information content (AvgIpc) is 2.95. The van der Waals surface area contributed by atoms with Gasteiger partial charge in [-0.2, -0.15) is 5.10 Å². The van der Waals surface area contributed by atoms with Crippen LogP contribution in [-0.4, -0.2) is 36.5 Å². The molecule has 2 rings (SSSR count). The molecule has 6 heteroatoms. The van der Waals surface area contributed by atoms with Crippen LogP contribution in [0.25, 0.3) is 0 Å². The molecule has 0 aliphatic carbocycles. The first-order valence-corrected chi connectivity index (χ1v) is 7.14. The lowest BCUT2D eigenvalue weighted by Crippen LogP contribution is -2.26. The highest BCUT2D eigenvalue weighted by molar-refractivity contribution is 5.99. The fraction of sp³-hybridized carbons (Fsp3) is 0.375. The van der Waals surface area contributed by atoms with Crippen LogP contribution in [-0.2, 0) is 6.54 Å². The van der Waals surface area contributed by atoms with Crippen molar-refractivity contribution in [3.05, 3.63) is 41.7 Å². The molecule has 22 heavy (non-hydrogen) atoms. The summed E-state index contributed by atoms with van der Waals surface area (Å²) in [6.07, 6.45) is 4.59. The summed E-state index contributed by atoms with van der Waals surface area (Å²) < 4.78 is 12.3. The van der Waals surface area contributed by atoms with Gasteiger partial charge in [0, 0.05) is 19.3 Å². The molecule has 1 heterocycles. The minimum atomic E-state index is -0.203. The van der Waals surface area contributed by atoms with Crippen molar-refractivity contribution in [1.29, 1.82) is 0 Å². The number of aromatic nitrogens is 2. The summed E-state index contributed by atoms with van der Waals surface area (Å²) in [6.45, 7) is 3.31. The fourth-order valence-electron chi connectivity index (χ4n) is 2.20. The van der Waals surface area contributed by atoms with Gasteiger partial charge in [-0.1, -0.05) is 6.07 Å². The van der Waals surface area contributed by atoms with Crippen molar-refractivity contribution in [1.82, 2.24) is 15.1 Å². The topological polar surface area (TPSA) is 65.4 Å². The van der Waals surface area contributed by atoms with Crippen molar-refractivity contribution >= 4 is 5.91 Å². The van der Waals surface area contributed by atoms with Crippen LogP contribution in [0.5, 0.6) is 11.5 Å². The van der Waals surface area contributed by atoms with E-state index in [0.29, 0.717) is 23.6 Å². The standard InChI is InChI=1S/C16H21N3O3/c1-12-10-18-19(11-12)9-5-8-17-16(20)15-13(21-2)6-4-7-14(15)22-3/h4,6-7,10-11H,5,8-9H2,1-3H3,(H,17,20). The van der Waals surface area contributed by atoms with E-state index in [9.17, 15) is 4.79 Å². The van der Waals surface area contributed by atoms with E-state index < -0.39 is 0 Å². The first-order valence-electron chi connectivity index (χ1n) is 7.14. The van der Waals surface area contributed by atoms with Gasteiger partial charge < -0.3 is 14.8 Å². The first-order chi connectivity index (χ1) is 10.7. The van der Waals surface area contributed by atoms with Crippen molar-refractivity contribution < 1.29 is 14.3 Å². The summed E-state index contributed by atoms with van der Waals surface area (Å²) in [4.78, 5) is 12.3. The van der Waals surface area contributed by atoms with E-state index in [1.165, 1.54) is 14.2 Å². The van der Waals surface area contributed by atoms with Crippen molar-refractivity contribution in [3.8, 4) is 11.5 Å². The molecule has 1 aromatic heterocycles. The molecule has 118 valence electrons. The van der Waals surface area contributed by atoms with E-state index in [2.05, 4.69) is 10.4 Å². The van der Waals surface area contributed by atoms with E-state index in [1.54, 1.807) is 18.2 Å². The summed E-state index contributed by atoms with van der Waals surface area (Å²) in [5.74, 6) is 0.796. The Morgan fingerprint density at radius 2 is 1.95 bits per heavy atom. The predicted molar refractivity (Wildman–Crippen MR) is 83.5 cm³/mol. The molecular formula is C16H21N3O3. The van der Waals surface area contributed by atoms with E-state index in [1.807, 2.05) is 24.0 Å². The number of amides is 1. The van der Waals surface area contributed by atoms with E-state index in [-0.39, 0.29) is 5.91 Å². The minimum absolute atomic E-state index is 0.203. The van der Waals surface area contributed by atoms with Gasteiger partial charge in [-0.3, -0.25) is 9.48 Å². The Bertz CT molecular complexity index is 615. The summed E-state index contributed by atoms with van der Waals surface area (Å²) in [7, 11) is 3.07. The van der Waals surface area contributed by atoms with Crippen molar-refractivity contribution in [2.75, 3.05) is 20.8 Å². The number of carbonyl (C=O) groups is 1. The maximum atomic E-state index is 12.3. The Balaban J connectivity index is 1.92. The van der Waals surface area contributed by atoms with Gasteiger partial charge in [0.15, 0.2) is 0 Å². The maximum Gasteiger partial charge on any atom is 0.258 e. The molecule has 0 atom stereocenters. The maximum absolute atomic E-state index is 12.3. The summed E-state index contributed by atoms with van der Waals surface area (Å²) in [6, 6.07) is 5.27. The number of hydrogen-bond acceptors (Lipinski definition) is 4. The molecule has 0 aliphatic heterocycles. The van der Waals surface area contributed by atoms with Gasteiger partial charge in [0.2, 0.25) is 0 Å². The highest BCUT2D eigenvalue weighted by Gasteiger charge is 2.17. The molecule has 0 radical (unpaired) electrons. The highest BCUT2D eigenvalue weighted by Crippen LogP contribution is 2.27. The lowest BCUT2D eigenvalue weighted by molar-refractivity contribution is 0.0946. The van der Waals surface area contributed by atoms with Gasteiger partial charge in [-0.05, 0) is 31.0 Å². The van der Waals surface area contributed by atoms with Gasteiger partial charge in [-0.15, -0.1) is 0 Å². The number of carbonyl (C=O) groups excluding carboxylic acids is 1. The second-order valence-corrected chi connectivity index (χ2v) is 4.93. The van der Waals surface area contributed by atoms with Crippen LogP contribution in [0.4, 0.5) is 0 Å². The van der Waals surface area contributed by atoms with Crippen molar-refractivity contribution in [2.45, 2.75) is 19.9 Å². The van der Waals surface area contributed by atoms with Gasteiger partial charge in [0.25, 0.3) is 5.91 Å². The third kappa shape index (κ3) is 3.78. The van der Waals surface area contributed by atoms with Crippen LogP contribution in [0.3, 0.4) is 0 Å². The third-order valence-electron chi connectivity index (χ3n) is 3.27.